The summed E-state index contributed by atoms with van der Waals surface area (Å²) >= 11 is 3.47. The highest BCUT2D eigenvalue weighted by Gasteiger charge is 2.15. The van der Waals surface area contributed by atoms with Crippen LogP contribution in [0, 0.1) is 0 Å². The first kappa shape index (κ1) is 17.1. The number of rotatable bonds is 7. The van der Waals surface area contributed by atoms with Gasteiger partial charge in [0, 0.05) is 12.6 Å². The molecule has 1 amide bonds. The van der Waals surface area contributed by atoms with Gasteiger partial charge in [0.25, 0.3) is 5.91 Å². The van der Waals surface area contributed by atoms with Gasteiger partial charge in [0.2, 0.25) is 0 Å². The molecule has 22 heavy (non-hydrogen) atoms. The van der Waals surface area contributed by atoms with Gasteiger partial charge in [0.15, 0.2) is 18.1 Å². The Labute approximate surface area is 139 Å². The molecule has 0 aliphatic heterocycles. The molecule has 1 aliphatic rings. The van der Waals surface area contributed by atoms with Crippen molar-refractivity contribution >= 4 is 21.8 Å². The second-order valence-electron chi connectivity index (χ2n) is 5.58. The van der Waals surface area contributed by atoms with Crippen LogP contribution < -0.4 is 20.5 Å². The van der Waals surface area contributed by atoms with E-state index >= 15 is 0 Å². The molecule has 122 valence electrons. The summed E-state index contributed by atoms with van der Waals surface area (Å²) in [6, 6.07) is 4.51. The molecule has 6 heteroatoms. The van der Waals surface area contributed by atoms with Crippen LogP contribution in [0.4, 0.5) is 0 Å². The molecule has 0 spiro atoms. The summed E-state index contributed by atoms with van der Waals surface area (Å²) in [6.45, 7) is 0.615. The lowest BCUT2D eigenvalue weighted by atomic mass is 9.95. The predicted octanol–water partition coefficient (Wildman–Crippen LogP) is 2.74. The topological polar surface area (TPSA) is 73.6 Å². The quantitative estimate of drug-likeness (QED) is 0.773. The van der Waals surface area contributed by atoms with Crippen LogP contribution in [0.25, 0.3) is 0 Å². The Bertz CT molecular complexity index is 516. The molecule has 0 heterocycles. The van der Waals surface area contributed by atoms with Crippen LogP contribution >= 0.6 is 15.9 Å². The van der Waals surface area contributed by atoms with E-state index in [1.165, 1.54) is 32.1 Å². The fourth-order valence-corrected chi connectivity index (χ4v) is 3.33. The van der Waals surface area contributed by atoms with Crippen LogP contribution in [-0.2, 0) is 11.3 Å². The number of amides is 1. The fraction of sp³-hybridized carbons (Fsp3) is 0.562. The van der Waals surface area contributed by atoms with Crippen molar-refractivity contribution in [3.05, 3.63) is 22.2 Å². The first-order chi connectivity index (χ1) is 10.6. The number of methoxy groups -OCH3 is 1. The largest absolute Gasteiger partial charge is 0.493 e. The van der Waals surface area contributed by atoms with Gasteiger partial charge in [0.05, 0.1) is 11.6 Å². The van der Waals surface area contributed by atoms with Crippen molar-refractivity contribution in [3.63, 3.8) is 0 Å². The average molecular weight is 371 g/mol. The van der Waals surface area contributed by atoms with Crippen LogP contribution in [0.3, 0.4) is 0 Å². The van der Waals surface area contributed by atoms with Crippen molar-refractivity contribution in [2.45, 2.75) is 44.7 Å². The Balaban J connectivity index is 2.02. The monoisotopic (exact) mass is 370 g/mol. The van der Waals surface area contributed by atoms with Crippen LogP contribution in [0.5, 0.6) is 11.5 Å². The van der Waals surface area contributed by atoms with Gasteiger partial charge in [-0.25, -0.2) is 0 Å². The molecule has 0 atom stereocenters. The minimum Gasteiger partial charge on any atom is -0.493 e. The molecule has 0 radical (unpaired) electrons. The molecule has 1 aromatic carbocycles. The summed E-state index contributed by atoms with van der Waals surface area (Å²) in [6.07, 6.45) is 6.47. The summed E-state index contributed by atoms with van der Waals surface area (Å²) in [5, 5.41) is 3.59. The van der Waals surface area contributed by atoms with Crippen LogP contribution in [0.1, 0.15) is 37.7 Å². The van der Waals surface area contributed by atoms with E-state index in [0.717, 1.165) is 16.6 Å². The number of hydrogen-bond donors (Lipinski definition) is 2. The normalized spacial score (nSPS) is 15.5. The zero-order valence-corrected chi connectivity index (χ0v) is 14.4. The lowest BCUT2D eigenvalue weighted by molar-refractivity contribution is -0.119. The molecular weight excluding hydrogens is 348 g/mol. The Hall–Kier alpha value is -1.27. The first-order valence-electron chi connectivity index (χ1n) is 7.61. The smallest absolute Gasteiger partial charge is 0.255 e. The molecule has 0 bridgehead atoms. The summed E-state index contributed by atoms with van der Waals surface area (Å²) in [4.78, 5) is 10.9. The van der Waals surface area contributed by atoms with Crippen molar-refractivity contribution in [1.82, 2.24) is 5.32 Å². The second kappa shape index (κ2) is 8.39. The van der Waals surface area contributed by atoms with E-state index in [2.05, 4.69) is 21.2 Å². The molecule has 2 rings (SSSR count). The minimum atomic E-state index is -0.517. The average Bonchev–Trinajstić information content (AvgIpc) is 2.52. The molecule has 3 N–H and O–H groups in total. The standard InChI is InChI=1S/C16H23BrN2O3/c1-21-14-8-11(9-19-12-5-3-2-4-6-12)7-13(17)16(14)22-10-15(18)20/h7-8,12,19H,2-6,9-10H2,1H3,(H2,18,20). The summed E-state index contributed by atoms with van der Waals surface area (Å²) in [7, 11) is 1.58. The van der Waals surface area contributed by atoms with Crippen molar-refractivity contribution < 1.29 is 14.3 Å². The minimum absolute atomic E-state index is 0.172. The van der Waals surface area contributed by atoms with Crippen molar-refractivity contribution in [1.29, 1.82) is 0 Å². The molecule has 0 saturated heterocycles. The highest BCUT2D eigenvalue weighted by Crippen LogP contribution is 2.36. The number of carbonyl (C=O) groups excluding carboxylic acids is 1. The van der Waals surface area contributed by atoms with E-state index in [1.54, 1.807) is 7.11 Å². The fourth-order valence-electron chi connectivity index (χ4n) is 2.73. The maximum atomic E-state index is 10.9. The van der Waals surface area contributed by atoms with E-state index in [9.17, 15) is 4.79 Å². The zero-order valence-electron chi connectivity index (χ0n) is 12.9. The molecule has 1 aromatic rings. The third-order valence-corrected chi connectivity index (χ3v) is 4.44. The van der Waals surface area contributed by atoms with Crippen LogP contribution in [0.15, 0.2) is 16.6 Å². The maximum Gasteiger partial charge on any atom is 0.255 e. The lowest BCUT2D eigenvalue weighted by Crippen LogP contribution is -2.30. The van der Waals surface area contributed by atoms with Gasteiger partial charge < -0.3 is 20.5 Å². The van der Waals surface area contributed by atoms with Crippen molar-refractivity contribution in [3.8, 4) is 11.5 Å². The molecule has 0 unspecified atom stereocenters. The van der Waals surface area contributed by atoms with E-state index in [0.29, 0.717) is 17.5 Å². The number of ether oxygens (including phenoxy) is 2. The Morgan fingerprint density at radius 3 is 2.73 bits per heavy atom. The zero-order chi connectivity index (χ0) is 15.9. The van der Waals surface area contributed by atoms with Crippen molar-refractivity contribution in [2.75, 3.05) is 13.7 Å². The third-order valence-electron chi connectivity index (χ3n) is 3.85. The Morgan fingerprint density at radius 2 is 2.09 bits per heavy atom. The summed E-state index contributed by atoms with van der Waals surface area (Å²) in [5.41, 5.74) is 6.22. The van der Waals surface area contributed by atoms with Gasteiger partial charge in [-0.05, 0) is 46.5 Å². The van der Waals surface area contributed by atoms with E-state index in [4.69, 9.17) is 15.2 Å². The van der Waals surface area contributed by atoms with E-state index < -0.39 is 5.91 Å². The number of benzene rings is 1. The lowest BCUT2D eigenvalue weighted by Gasteiger charge is -2.23. The molecule has 1 fully saturated rings. The van der Waals surface area contributed by atoms with Gasteiger partial charge in [-0.2, -0.15) is 0 Å². The first-order valence-corrected chi connectivity index (χ1v) is 8.40. The number of carbonyl (C=O) groups is 1. The highest BCUT2D eigenvalue weighted by molar-refractivity contribution is 9.10. The number of primary amides is 1. The number of nitrogens with two attached hydrogens (primary N) is 1. The molecular formula is C16H23BrN2O3. The van der Waals surface area contributed by atoms with Gasteiger partial charge >= 0.3 is 0 Å². The Kier molecular flexibility index (Phi) is 6.51. The molecule has 0 aromatic heterocycles. The third kappa shape index (κ3) is 4.88. The van der Waals surface area contributed by atoms with Gasteiger partial charge in [0.1, 0.15) is 0 Å². The van der Waals surface area contributed by atoms with Gasteiger partial charge in [-0.1, -0.05) is 19.3 Å². The molecule has 5 nitrogen and oxygen atoms in total. The summed E-state index contributed by atoms with van der Waals surface area (Å²) in [5.74, 6) is 0.579. The molecule has 1 saturated carbocycles. The highest BCUT2D eigenvalue weighted by atomic mass is 79.9. The van der Waals surface area contributed by atoms with Gasteiger partial charge in [-0.3, -0.25) is 4.79 Å². The number of hydrogen-bond acceptors (Lipinski definition) is 4. The van der Waals surface area contributed by atoms with Crippen LogP contribution in [0.2, 0.25) is 0 Å². The van der Waals surface area contributed by atoms with Gasteiger partial charge in [-0.15, -0.1) is 0 Å². The predicted molar refractivity (Wildman–Crippen MR) is 89.1 cm³/mol. The number of nitrogens with one attached hydrogen (secondary N) is 1. The summed E-state index contributed by atoms with van der Waals surface area (Å²) < 4.78 is 11.5. The Morgan fingerprint density at radius 1 is 1.36 bits per heavy atom. The van der Waals surface area contributed by atoms with E-state index in [-0.39, 0.29) is 6.61 Å². The van der Waals surface area contributed by atoms with Crippen molar-refractivity contribution in [2.24, 2.45) is 5.73 Å². The maximum absolute atomic E-state index is 10.9. The van der Waals surface area contributed by atoms with Crippen LogP contribution in [-0.4, -0.2) is 25.7 Å². The SMILES string of the molecule is COc1cc(CNC2CCCCC2)cc(Br)c1OCC(N)=O. The van der Waals surface area contributed by atoms with E-state index in [1.807, 2.05) is 12.1 Å². The second-order valence-corrected chi connectivity index (χ2v) is 6.43. The molecule has 1 aliphatic carbocycles. The number of halogens is 1.